The molecule has 1 aliphatic rings. The largest absolute Gasteiger partial charge is 0.481 e. The van der Waals surface area contributed by atoms with Crippen LogP contribution in [0.15, 0.2) is 30.3 Å². The first-order chi connectivity index (χ1) is 9.50. The summed E-state index contributed by atoms with van der Waals surface area (Å²) < 4.78 is 0. The Morgan fingerprint density at radius 1 is 1.15 bits per heavy atom. The Hall–Kier alpha value is -1.84. The van der Waals surface area contributed by atoms with Gasteiger partial charge in [0.15, 0.2) is 0 Å². The van der Waals surface area contributed by atoms with E-state index in [4.69, 9.17) is 5.11 Å². The van der Waals surface area contributed by atoms with E-state index in [1.807, 2.05) is 30.3 Å². The molecule has 108 valence electrons. The average Bonchev–Trinajstić information content (AvgIpc) is 3.28. The molecule has 3 atom stereocenters. The highest BCUT2D eigenvalue weighted by atomic mass is 16.4. The number of nitrogens with one attached hydrogen (secondary N) is 1. The van der Waals surface area contributed by atoms with Gasteiger partial charge in [-0.05, 0) is 24.3 Å². The molecule has 3 unspecified atom stereocenters. The minimum Gasteiger partial charge on any atom is -0.481 e. The van der Waals surface area contributed by atoms with Crippen molar-refractivity contribution in [2.45, 2.75) is 32.7 Å². The lowest BCUT2D eigenvalue weighted by molar-refractivity contribution is -0.146. The average molecular weight is 275 g/mol. The van der Waals surface area contributed by atoms with Gasteiger partial charge in [-0.25, -0.2) is 0 Å². The lowest BCUT2D eigenvalue weighted by atomic mass is 9.94. The van der Waals surface area contributed by atoms with Crippen molar-refractivity contribution in [2.24, 2.45) is 17.8 Å². The van der Waals surface area contributed by atoms with Gasteiger partial charge in [-0.2, -0.15) is 0 Å². The Labute approximate surface area is 119 Å². The van der Waals surface area contributed by atoms with Crippen LogP contribution in [0.4, 0.5) is 0 Å². The van der Waals surface area contributed by atoms with Crippen LogP contribution in [-0.4, -0.2) is 17.0 Å². The van der Waals surface area contributed by atoms with E-state index in [9.17, 15) is 9.59 Å². The molecule has 0 saturated heterocycles. The summed E-state index contributed by atoms with van der Waals surface area (Å²) >= 11 is 0. The summed E-state index contributed by atoms with van der Waals surface area (Å²) in [7, 11) is 0. The molecule has 0 radical (unpaired) electrons. The van der Waals surface area contributed by atoms with Crippen molar-refractivity contribution >= 4 is 11.9 Å². The van der Waals surface area contributed by atoms with Crippen molar-refractivity contribution in [1.82, 2.24) is 5.32 Å². The molecule has 0 heterocycles. The van der Waals surface area contributed by atoms with Gasteiger partial charge in [0.1, 0.15) is 0 Å². The first kappa shape index (κ1) is 14.6. The number of carboxylic acids is 1. The van der Waals surface area contributed by atoms with E-state index in [1.165, 1.54) is 0 Å². The molecule has 2 rings (SSSR count). The van der Waals surface area contributed by atoms with Crippen LogP contribution in [0.25, 0.3) is 0 Å². The van der Waals surface area contributed by atoms with Crippen LogP contribution in [-0.2, 0) is 9.59 Å². The summed E-state index contributed by atoms with van der Waals surface area (Å²) in [6.07, 6.45) is 2.23. The Kier molecular flexibility index (Phi) is 4.42. The zero-order chi connectivity index (χ0) is 14.7. The van der Waals surface area contributed by atoms with Crippen molar-refractivity contribution in [3.63, 3.8) is 0 Å². The van der Waals surface area contributed by atoms with Gasteiger partial charge in [-0.1, -0.05) is 44.2 Å². The molecule has 1 fully saturated rings. The Morgan fingerprint density at radius 2 is 1.75 bits per heavy atom. The standard InChI is InChI=1S/C16H21NO3/c1-10(11(2)16(19)20)15(18)17-14(13-8-9-13)12-6-4-3-5-7-12/h3-7,10-11,13-14H,8-9H2,1-2H3,(H,17,18)(H,19,20). The first-order valence-electron chi connectivity index (χ1n) is 7.09. The summed E-state index contributed by atoms with van der Waals surface area (Å²) in [4.78, 5) is 23.2. The van der Waals surface area contributed by atoms with E-state index in [0.29, 0.717) is 5.92 Å². The predicted octanol–water partition coefficient (Wildman–Crippen LogP) is 2.61. The smallest absolute Gasteiger partial charge is 0.307 e. The van der Waals surface area contributed by atoms with E-state index in [0.717, 1.165) is 18.4 Å². The van der Waals surface area contributed by atoms with Crippen LogP contribution in [0.2, 0.25) is 0 Å². The minimum atomic E-state index is -0.935. The quantitative estimate of drug-likeness (QED) is 0.838. The lowest BCUT2D eigenvalue weighted by Crippen LogP contribution is -2.38. The number of carbonyl (C=O) groups excluding carboxylic acids is 1. The van der Waals surface area contributed by atoms with Gasteiger partial charge >= 0.3 is 5.97 Å². The van der Waals surface area contributed by atoms with Crippen LogP contribution in [0.1, 0.15) is 38.3 Å². The molecule has 1 aromatic carbocycles. The molecule has 1 aromatic rings. The molecule has 0 bridgehead atoms. The number of carboxylic acid groups (broad SMARTS) is 1. The Bertz CT molecular complexity index is 482. The number of rotatable bonds is 6. The lowest BCUT2D eigenvalue weighted by Gasteiger charge is -2.23. The minimum absolute atomic E-state index is 0.00662. The summed E-state index contributed by atoms with van der Waals surface area (Å²) in [5, 5.41) is 12.0. The van der Waals surface area contributed by atoms with E-state index in [2.05, 4.69) is 5.32 Å². The molecule has 1 aliphatic carbocycles. The highest BCUT2D eigenvalue weighted by molar-refractivity contribution is 5.84. The predicted molar refractivity (Wildman–Crippen MR) is 76.0 cm³/mol. The molecular formula is C16H21NO3. The molecule has 1 amide bonds. The number of hydrogen-bond acceptors (Lipinski definition) is 2. The molecule has 20 heavy (non-hydrogen) atoms. The summed E-state index contributed by atoms with van der Waals surface area (Å²) in [6, 6.07) is 9.89. The summed E-state index contributed by atoms with van der Waals surface area (Å²) in [5.41, 5.74) is 1.10. The maximum atomic E-state index is 12.2. The van der Waals surface area contributed by atoms with Gasteiger partial charge in [0.05, 0.1) is 12.0 Å². The van der Waals surface area contributed by atoms with Crippen LogP contribution in [0.3, 0.4) is 0 Å². The van der Waals surface area contributed by atoms with Gasteiger partial charge in [0.25, 0.3) is 0 Å². The Balaban J connectivity index is 2.06. The van der Waals surface area contributed by atoms with Gasteiger partial charge in [0.2, 0.25) is 5.91 Å². The summed E-state index contributed by atoms with van der Waals surface area (Å²) in [5.74, 6) is -1.84. The van der Waals surface area contributed by atoms with Gasteiger partial charge in [-0.3, -0.25) is 9.59 Å². The third-order valence-corrected chi connectivity index (χ3v) is 4.10. The van der Waals surface area contributed by atoms with Gasteiger partial charge in [-0.15, -0.1) is 0 Å². The zero-order valence-electron chi connectivity index (χ0n) is 11.9. The second kappa shape index (κ2) is 6.07. The second-order valence-electron chi connectivity index (χ2n) is 5.65. The number of benzene rings is 1. The number of aliphatic carboxylic acids is 1. The SMILES string of the molecule is CC(C(=O)O)C(C)C(=O)NC(c1ccccc1)C1CC1. The van der Waals surface area contributed by atoms with Crippen LogP contribution >= 0.6 is 0 Å². The molecule has 0 aromatic heterocycles. The van der Waals surface area contributed by atoms with Crippen molar-refractivity contribution in [3.8, 4) is 0 Å². The fraction of sp³-hybridized carbons (Fsp3) is 0.500. The third-order valence-electron chi connectivity index (χ3n) is 4.10. The van der Waals surface area contributed by atoms with Gasteiger partial charge < -0.3 is 10.4 Å². The molecule has 4 heteroatoms. The van der Waals surface area contributed by atoms with Crippen molar-refractivity contribution in [3.05, 3.63) is 35.9 Å². The van der Waals surface area contributed by atoms with Crippen LogP contribution in [0.5, 0.6) is 0 Å². The number of hydrogen-bond donors (Lipinski definition) is 2. The zero-order valence-corrected chi connectivity index (χ0v) is 11.9. The molecule has 4 nitrogen and oxygen atoms in total. The number of amides is 1. The fourth-order valence-electron chi connectivity index (χ4n) is 2.29. The first-order valence-corrected chi connectivity index (χ1v) is 7.09. The fourth-order valence-corrected chi connectivity index (χ4v) is 2.29. The monoisotopic (exact) mass is 275 g/mol. The maximum Gasteiger partial charge on any atom is 0.307 e. The third kappa shape index (κ3) is 3.38. The second-order valence-corrected chi connectivity index (χ2v) is 5.65. The van der Waals surface area contributed by atoms with Crippen LogP contribution < -0.4 is 5.32 Å². The highest BCUT2D eigenvalue weighted by Gasteiger charge is 2.35. The van der Waals surface area contributed by atoms with E-state index in [1.54, 1.807) is 13.8 Å². The Morgan fingerprint density at radius 3 is 2.25 bits per heavy atom. The summed E-state index contributed by atoms with van der Waals surface area (Å²) in [6.45, 7) is 3.24. The normalized spacial score (nSPS) is 18.9. The molecule has 0 spiro atoms. The highest BCUT2D eigenvalue weighted by Crippen LogP contribution is 2.41. The van der Waals surface area contributed by atoms with E-state index in [-0.39, 0.29) is 11.9 Å². The van der Waals surface area contributed by atoms with Crippen molar-refractivity contribution in [1.29, 1.82) is 0 Å². The molecule has 1 saturated carbocycles. The number of carbonyl (C=O) groups is 2. The van der Waals surface area contributed by atoms with Crippen molar-refractivity contribution < 1.29 is 14.7 Å². The van der Waals surface area contributed by atoms with Gasteiger partial charge in [0, 0.05) is 5.92 Å². The van der Waals surface area contributed by atoms with E-state index < -0.39 is 17.8 Å². The molecule has 2 N–H and O–H groups in total. The topological polar surface area (TPSA) is 66.4 Å². The molecule has 0 aliphatic heterocycles. The molecular weight excluding hydrogens is 254 g/mol. The maximum absolute atomic E-state index is 12.2. The van der Waals surface area contributed by atoms with E-state index >= 15 is 0 Å². The van der Waals surface area contributed by atoms with Crippen LogP contribution in [0, 0.1) is 17.8 Å². The van der Waals surface area contributed by atoms with Crippen molar-refractivity contribution in [2.75, 3.05) is 0 Å².